The highest BCUT2D eigenvalue weighted by molar-refractivity contribution is 6.36. The van der Waals surface area contributed by atoms with Crippen molar-refractivity contribution in [1.29, 1.82) is 0 Å². The molecule has 0 saturated heterocycles. The van der Waals surface area contributed by atoms with Gasteiger partial charge < -0.3 is 15.0 Å². The van der Waals surface area contributed by atoms with Crippen LogP contribution in [0.3, 0.4) is 0 Å². The van der Waals surface area contributed by atoms with Gasteiger partial charge in [-0.15, -0.1) is 0 Å². The van der Waals surface area contributed by atoms with Gasteiger partial charge in [0.05, 0.1) is 17.3 Å². The van der Waals surface area contributed by atoms with Gasteiger partial charge in [-0.3, -0.25) is 0 Å². The van der Waals surface area contributed by atoms with E-state index in [1.165, 1.54) is 0 Å². The molecule has 0 amide bonds. The molecule has 0 fully saturated rings. The normalized spacial score (nSPS) is 11.7. The molecule has 0 radical (unpaired) electrons. The van der Waals surface area contributed by atoms with Gasteiger partial charge in [0, 0.05) is 35.4 Å². The number of nitrogens with zero attached hydrogens (tertiary/aromatic N) is 2. The Labute approximate surface area is 258 Å². The molecule has 0 bridgehead atoms. The minimum Gasteiger partial charge on any atom is -0.494 e. The number of alkyl halides is 3. The molecule has 5 rings (SSSR count). The van der Waals surface area contributed by atoms with E-state index in [-0.39, 0.29) is 13.0 Å². The summed E-state index contributed by atoms with van der Waals surface area (Å²) in [5.41, 5.74) is 12.0. The lowest BCUT2D eigenvalue weighted by Crippen LogP contribution is -2.09. The molecule has 2 N–H and O–H groups in total. The van der Waals surface area contributed by atoms with Gasteiger partial charge in [0.2, 0.25) is 0 Å². The number of imidazole rings is 1. The van der Waals surface area contributed by atoms with Crippen LogP contribution in [0.25, 0.3) is 34.5 Å². The quantitative estimate of drug-likeness (QED) is 0.125. The lowest BCUT2D eigenvalue weighted by Gasteiger charge is -2.10. The second-order valence-electron chi connectivity index (χ2n) is 10.0. The van der Waals surface area contributed by atoms with Crippen LogP contribution in [0.5, 0.6) is 5.75 Å². The van der Waals surface area contributed by atoms with E-state index in [0.29, 0.717) is 28.0 Å². The Hall–Kier alpha value is -4.20. The number of hydrogen-bond donors (Lipinski definition) is 1. The number of rotatable bonds is 10. The van der Waals surface area contributed by atoms with Gasteiger partial charge in [-0.25, -0.2) is 4.98 Å². The zero-order valence-corrected chi connectivity index (χ0v) is 24.5. The van der Waals surface area contributed by atoms with Crippen molar-refractivity contribution in [1.82, 2.24) is 9.55 Å². The van der Waals surface area contributed by atoms with Gasteiger partial charge in [0.25, 0.3) is 0 Å². The molecular formula is C34H28Cl2F3N3O. The monoisotopic (exact) mass is 621 g/mol. The van der Waals surface area contributed by atoms with Crippen molar-refractivity contribution in [3.8, 4) is 28.1 Å². The number of ether oxygens (including phenoxy) is 1. The van der Waals surface area contributed by atoms with E-state index in [1.807, 2.05) is 91.1 Å². The van der Waals surface area contributed by atoms with Crippen molar-refractivity contribution in [2.75, 3.05) is 12.3 Å². The van der Waals surface area contributed by atoms with E-state index >= 15 is 0 Å². The Kier molecular flexibility index (Phi) is 9.43. The van der Waals surface area contributed by atoms with E-state index in [1.54, 1.807) is 18.2 Å². The molecule has 220 valence electrons. The zero-order chi connectivity index (χ0) is 30.4. The van der Waals surface area contributed by atoms with Gasteiger partial charge in [-0.2, -0.15) is 13.2 Å². The molecule has 0 unspecified atom stereocenters. The Bertz CT molecular complexity index is 1710. The average Bonchev–Trinajstić information content (AvgIpc) is 3.37. The minimum absolute atomic E-state index is 0.00667. The summed E-state index contributed by atoms with van der Waals surface area (Å²) in [4.78, 5) is 4.87. The van der Waals surface area contributed by atoms with Gasteiger partial charge in [-0.1, -0.05) is 77.8 Å². The molecule has 0 saturated carbocycles. The highest BCUT2D eigenvalue weighted by atomic mass is 35.5. The maximum atomic E-state index is 12.4. The van der Waals surface area contributed by atoms with E-state index < -0.39 is 12.6 Å². The first kappa shape index (κ1) is 30.3. The molecule has 0 spiro atoms. The lowest BCUT2D eigenvalue weighted by molar-refractivity contribution is -0.136. The van der Waals surface area contributed by atoms with E-state index in [9.17, 15) is 13.2 Å². The van der Waals surface area contributed by atoms with Crippen LogP contribution in [0.1, 0.15) is 29.8 Å². The standard InChI is InChI=1S/C34H28Cl2F3N3O/c35-27-12-15-30(31(36)20-27)32-22-42(21-24-7-13-28(40)14-8-24)33(41-32)16-9-23-5-10-25(11-6-23)26-3-1-4-29(19-26)43-18-2-17-34(37,38)39/h1,3-16,19-20,22H,2,17-18,21,40H2. The summed E-state index contributed by atoms with van der Waals surface area (Å²) in [6.45, 7) is 0.596. The molecule has 0 atom stereocenters. The van der Waals surface area contributed by atoms with Gasteiger partial charge in [-0.05, 0) is 77.2 Å². The number of nitrogens with two attached hydrogens (primary N) is 1. The van der Waals surface area contributed by atoms with Crippen LogP contribution in [0, 0.1) is 0 Å². The third-order valence-electron chi connectivity index (χ3n) is 6.72. The molecule has 4 nitrogen and oxygen atoms in total. The molecule has 0 aliphatic carbocycles. The summed E-state index contributed by atoms with van der Waals surface area (Å²) in [5, 5.41) is 1.07. The van der Waals surface area contributed by atoms with Crippen molar-refractivity contribution >= 4 is 41.0 Å². The third kappa shape index (κ3) is 8.43. The minimum atomic E-state index is -4.18. The molecule has 0 aliphatic heterocycles. The maximum Gasteiger partial charge on any atom is 0.389 e. The van der Waals surface area contributed by atoms with Crippen LogP contribution < -0.4 is 10.5 Å². The van der Waals surface area contributed by atoms with Crippen LogP contribution >= 0.6 is 23.2 Å². The Morgan fingerprint density at radius 3 is 2.35 bits per heavy atom. The maximum absolute atomic E-state index is 12.4. The fourth-order valence-electron chi connectivity index (χ4n) is 4.52. The summed E-state index contributed by atoms with van der Waals surface area (Å²) in [6, 6.07) is 28.4. The van der Waals surface area contributed by atoms with Crippen LogP contribution in [-0.4, -0.2) is 22.3 Å². The summed E-state index contributed by atoms with van der Waals surface area (Å²) in [6.07, 6.45) is 0.783. The van der Waals surface area contributed by atoms with E-state index in [4.69, 9.17) is 38.7 Å². The predicted molar refractivity (Wildman–Crippen MR) is 169 cm³/mol. The number of aromatic nitrogens is 2. The van der Waals surface area contributed by atoms with Gasteiger partial charge in [0.15, 0.2) is 0 Å². The van der Waals surface area contributed by atoms with Gasteiger partial charge >= 0.3 is 6.18 Å². The van der Waals surface area contributed by atoms with Crippen molar-refractivity contribution in [3.05, 3.63) is 124 Å². The third-order valence-corrected chi connectivity index (χ3v) is 7.27. The number of nitrogen functional groups attached to an aromatic ring is 1. The highest BCUT2D eigenvalue weighted by Gasteiger charge is 2.26. The van der Waals surface area contributed by atoms with Crippen LogP contribution in [0.4, 0.5) is 18.9 Å². The number of anilines is 1. The smallest absolute Gasteiger partial charge is 0.389 e. The zero-order valence-electron chi connectivity index (χ0n) is 23.0. The summed E-state index contributed by atoms with van der Waals surface area (Å²) < 4.78 is 44.8. The SMILES string of the molecule is Nc1ccc(Cn2cc(-c3ccc(Cl)cc3Cl)nc2C=Cc2ccc(-c3cccc(OCCCC(F)(F)F)c3)cc2)cc1. The number of halogens is 5. The molecular weight excluding hydrogens is 594 g/mol. The average molecular weight is 623 g/mol. The molecule has 1 aromatic heterocycles. The molecule has 9 heteroatoms. The van der Waals surface area contributed by atoms with Crippen LogP contribution in [0.15, 0.2) is 97.2 Å². The summed E-state index contributed by atoms with van der Waals surface area (Å²) in [5.74, 6) is 1.28. The first-order valence-corrected chi connectivity index (χ1v) is 14.3. The predicted octanol–water partition coefficient (Wildman–Crippen LogP) is 10.0. The highest BCUT2D eigenvalue weighted by Crippen LogP contribution is 2.31. The lowest BCUT2D eigenvalue weighted by atomic mass is 10.0. The van der Waals surface area contributed by atoms with E-state index in [0.717, 1.165) is 39.3 Å². The molecule has 1 heterocycles. The van der Waals surface area contributed by atoms with Crippen molar-refractivity contribution in [3.63, 3.8) is 0 Å². The Balaban J connectivity index is 1.34. The van der Waals surface area contributed by atoms with Crippen molar-refractivity contribution in [2.45, 2.75) is 25.6 Å². The fraction of sp³-hybridized carbons (Fsp3) is 0.147. The fourth-order valence-corrected chi connectivity index (χ4v) is 5.03. The largest absolute Gasteiger partial charge is 0.494 e. The Morgan fingerprint density at radius 2 is 1.63 bits per heavy atom. The van der Waals surface area contributed by atoms with Crippen molar-refractivity contribution in [2.24, 2.45) is 0 Å². The molecule has 4 aromatic carbocycles. The van der Waals surface area contributed by atoms with Crippen LogP contribution in [0.2, 0.25) is 10.0 Å². The van der Waals surface area contributed by atoms with Crippen molar-refractivity contribution < 1.29 is 17.9 Å². The number of hydrogen-bond acceptors (Lipinski definition) is 3. The summed E-state index contributed by atoms with van der Waals surface area (Å²) in [7, 11) is 0. The van der Waals surface area contributed by atoms with Gasteiger partial charge in [0.1, 0.15) is 11.6 Å². The first-order chi connectivity index (χ1) is 20.6. The second kappa shape index (κ2) is 13.4. The molecule has 0 aliphatic rings. The topological polar surface area (TPSA) is 53.1 Å². The first-order valence-electron chi connectivity index (χ1n) is 13.6. The summed E-state index contributed by atoms with van der Waals surface area (Å²) >= 11 is 12.6. The second-order valence-corrected chi connectivity index (χ2v) is 10.9. The van der Waals surface area contributed by atoms with Crippen LogP contribution in [-0.2, 0) is 6.54 Å². The molecule has 43 heavy (non-hydrogen) atoms. The number of benzene rings is 4. The molecule has 5 aromatic rings. The van der Waals surface area contributed by atoms with E-state index in [2.05, 4.69) is 4.57 Å². The Morgan fingerprint density at radius 1 is 0.860 bits per heavy atom.